The van der Waals surface area contributed by atoms with Gasteiger partial charge in [0, 0.05) is 11.6 Å². The summed E-state index contributed by atoms with van der Waals surface area (Å²) in [5, 5.41) is 13.6. The molecule has 0 spiro atoms. The lowest BCUT2D eigenvalue weighted by atomic mass is 9.81. The lowest BCUT2D eigenvalue weighted by Gasteiger charge is -2.29. The molecule has 1 aromatic carbocycles. The van der Waals surface area contributed by atoms with E-state index in [0.29, 0.717) is 5.75 Å². The first-order valence-electron chi connectivity index (χ1n) is 8.24. The molecular weight excluding hydrogens is 262 g/mol. The smallest absolute Gasteiger partial charge is 0.120 e. The molecule has 1 aliphatic carbocycles. The Hall–Kier alpha value is -1.22. The highest BCUT2D eigenvalue weighted by molar-refractivity contribution is 5.41. The molecule has 0 amide bonds. The second kappa shape index (κ2) is 7.69. The molecule has 1 saturated carbocycles. The van der Waals surface area contributed by atoms with Crippen LogP contribution < -0.4 is 10.1 Å². The largest absolute Gasteiger partial charge is 0.508 e. The van der Waals surface area contributed by atoms with E-state index in [4.69, 9.17) is 4.74 Å². The fourth-order valence-corrected chi connectivity index (χ4v) is 3.30. The van der Waals surface area contributed by atoms with Crippen molar-refractivity contribution < 1.29 is 9.84 Å². The summed E-state index contributed by atoms with van der Waals surface area (Å²) in [5.74, 6) is 2.86. The SMILES string of the molecule is CCC1CCC(CNC(C)c2cc(OC)ccc2O)CC1. The molecule has 0 radical (unpaired) electrons. The minimum atomic E-state index is 0.143. The zero-order chi connectivity index (χ0) is 15.2. The van der Waals surface area contributed by atoms with Crippen molar-refractivity contribution in [2.75, 3.05) is 13.7 Å². The Labute approximate surface area is 128 Å². The molecule has 1 atom stereocenters. The number of rotatable bonds is 6. The van der Waals surface area contributed by atoms with Crippen LogP contribution in [0.25, 0.3) is 0 Å². The van der Waals surface area contributed by atoms with Crippen LogP contribution in [0.4, 0.5) is 0 Å². The van der Waals surface area contributed by atoms with Crippen molar-refractivity contribution in [3.63, 3.8) is 0 Å². The first kappa shape index (κ1) is 16.2. The molecule has 118 valence electrons. The molecule has 2 rings (SSSR count). The van der Waals surface area contributed by atoms with Gasteiger partial charge >= 0.3 is 0 Å². The van der Waals surface area contributed by atoms with E-state index < -0.39 is 0 Å². The molecular formula is C18H29NO2. The number of hydrogen-bond acceptors (Lipinski definition) is 3. The second-order valence-corrected chi connectivity index (χ2v) is 6.35. The summed E-state index contributed by atoms with van der Waals surface area (Å²) in [7, 11) is 1.65. The zero-order valence-electron chi connectivity index (χ0n) is 13.6. The maximum atomic E-state index is 10.0. The van der Waals surface area contributed by atoms with Crippen LogP contribution in [0.2, 0.25) is 0 Å². The highest BCUT2D eigenvalue weighted by atomic mass is 16.5. The number of hydrogen-bond donors (Lipinski definition) is 2. The third-order valence-corrected chi connectivity index (χ3v) is 4.96. The molecule has 0 aliphatic heterocycles. The Bertz CT molecular complexity index is 439. The van der Waals surface area contributed by atoms with Crippen molar-refractivity contribution in [2.24, 2.45) is 11.8 Å². The standard InChI is InChI=1S/C18H29NO2/c1-4-14-5-7-15(8-6-14)12-19-13(2)17-11-16(21-3)9-10-18(17)20/h9-11,13-15,19-20H,4-8,12H2,1-3H3. The van der Waals surface area contributed by atoms with E-state index in [1.54, 1.807) is 19.2 Å². The van der Waals surface area contributed by atoms with Crippen molar-refractivity contribution in [1.82, 2.24) is 5.32 Å². The highest BCUT2D eigenvalue weighted by Gasteiger charge is 2.21. The van der Waals surface area contributed by atoms with Crippen molar-refractivity contribution in [1.29, 1.82) is 0 Å². The van der Waals surface area contributed by atoms with Crippen LogP contribution in [0.5, 0.6) is 11.5 Å². The molecule has 1 fully saturated rings. The number of ether oxygens (including phenoxy) is 1. The summed E-state index contributed by atoms with van der Waals surface area (Å²) >= 11 is 0. The van der Waals surface area contributed by atoms with E-state index in [0.717, 1.165) is 29.7 Å². The lowest BCUT2D eigenvalue weighted by molar-refractivity contribution is 0.257. The average Bonchev–Trinajstić information content (AvgIpc) is 2.53. The van der Waals surface area contributed by atoms with E-state index in [2.05, 4.69) is 19.2 Å². The monoisotopic (exact) mass is 291 g/mol. The second-order valence-electron chi connectivity index (χ2n) is 6.35. The van der Waals surface area contributed by atoms with Crippen molar-refractivity contribution in [3.8, 4) is 11.5 Å². The number of phenols is 1. The maximum Gasteiger partial charge on any atom is 0.120 e. The first-order valence-corrected chi connectivity index (χ1v) is 8.24. The van der Waals surface area contributed by atoms with Crippen LogP contribution in [0.1, 0.15) is 57.6 Å². The highest BCUT2D eigenvalue weighted by Crippen LogP contribution is 2.32. The van der Waals surface area contributed by atoms with E-state index in [-0.39, 0.29) is 6.04 Å². The summed E-state index contributed by atoms with van der Waals surface area (Å²) in [6, 6.07) is 5.56. The number of aromatic hydroxyl groups is 1. The van der Waals surface area contributed by atoms with Gasteiger partial charge in [0.05, 0.1) is 7.11 Å². The summed E-state index contributed by atoms with van der Waals surface area (Å²) in [6.45, 7) is 5.44. The van der Waals surface area contributed by atoms with Crippen molar-refractivity contribution in [3.05, 3.63) is 23.8 Å². The minimum absolute atomic E-state index is 0.143. The van der Waals surface area contributed by atoms with Crippen LogP contribution in [0.15, 0.2) is 18.2 Å². The van der Waals surface area contributed by atoms with E-state index >= 15 is 0 Å². The van der Waals surface area contributed by atoms with Crippen molar-refractivity contribution >= 4 is 0 Å². The Morgan fingerprint density at radius 2 is 1.90 bits per heavy atom. The van der Waals surface area contributed by atoms with Gasteiger partial charge in [-0.3, -0.25) is 0 Å². The van der Waals surface area contributed by atoms with Gasteiger partial charge < -0.3 is 15.2 Å². The third-order valence-electron chi connectivity index (χ3n) is 4.96. The van der Waals surface area contributed by atoms with E-state index in [1.807, 2.05) is 6.07 Å². The van der Waals surface area contributed by atoms with E-state index in [1.165, 1.54) is 32.1 Å². The summed E-state index contributed by atoms with van der Waals surface area (Å²) < 4.78 is 5.24. The molecule has 0 bridgehead atoms. The van der Waals surface area contributed by atoms with Crippen LogP contribution in [-0.2, 0) is 0 Å². The molecule has 3 heteroatoms. The van der Waals surface area contributed by atoms with Crippen LogP contribution in [-0.4, -0.2) is 18.8 Å². The Morgan fingerprint density at radius 1 is 1.24 bits per heavy atom. The number of phenolic OH excluding ortho intramolecular Hbond substituents is 1. The molecule has 2 N–H and O–H groups in total. The van der Waals surface area contributed by atoms with Crippen LogP contribution in [0, 0.1) is 11.8 Å². The van der Waals surface area contributed by atoms with Crippen molar-refractivity contribution in [2.45, 2.75) is 52.0 Å². The summed E-state index contributed by atoms with van der Waals surface area (Å²) in [6.07, 6.45) is 6.75. The fraction of sp³-hybridized carbons (Fsp3) is 0.667. The quantitative estimate of drug-likeness (QED) is 0.822. The molecule has 1 unspecified atom stereocenters. The molecule has 3 nitrogen and oxygen atoms in total. The topological polar surface area (TPSA) is 41.5 Å². The minimum Gasteiger partial charge on any atom is -0.508 e. The van der Waals surface area contributed by atoms with Gasteiger partial charge in [-0.15, -0.1) is 0 Å². The Kier molecular flexibility index (Phi) is 5.92. The van der Waals surface area contributed by atoms with Gasteiger partial charge in [-0.2, -0.15) is 0 Å². The average molecular weight is 291 g/mol. The normalized spacial score (nSPS) is 23.8. The fourth-order valence-electron chi connectivity index (χ4n) is 3.30. The summed E-state index contributed by atoms with van der Waals surface area (Å²) in [5.41, 5.74) is 0.914. The third kappa shape index (κ3) is 4.37. The molecule has 1 aliphatic rings. The van der Waals surface area contributed by atoms with Crippen LogP contribution in [0.3, 0.4) is 0 Å². The first-order chi connectivity index (χ1) is 10.1. The Balaban J connectivity index is 1.86. The van der Waals surface area contributed by atoms with E-state index in [9.17, 15) is 5.11 Å². The van der Waals surface area contributed by atoms with Gasteiger partial charge in [-0.1, -0.05) is 26.2 Å². The molecule has 0 aromatic heterocycles. The predicted octanol–water partition coefficient (Wildman–Crippen LogP) is 4.27. The molecule has 21 heavy (non-hydrogen) atoms. The van der Waals surface area contributed by atoms with Gasteiger partial charge in [0.1, 0.15) is 11.5 Å². The summed E-state index contributed by atoms with van der Waals surface area (Å²) in [4.78, 5) is 0. The maximum absolute atomic E-state index is 10.0. The van der Waals surface area contributed by atoms with Gasteiger partial charge in [0.25, 0.3) is 0 Å². The number of methoxy groups -OCH3 is 1. The van der Waals surface area contributed by atoms with Crippen LogP contribution >= 0.6 is 0 Å². The van der Waals surface area contributed by atoms with Gasteiger partial charge in [0.2, 0.25) is 0 Å². The molecule has 1 aromatic rings. The molecule has 0 heterocycles. The lowest BCUT2D eigenvalue weighted by Crippen LogP contribution is -2.28. The number of benzene rings is 1. The predicted molar refractivity (Wildman–Crippen MR) is 86.8 cm³/mol. The van der Waals surface area contributed by atoms with Gasteiger partial charge in [-0.25, -0.2) is 0 Å². The van der Waals surface area contributed by atoms with Gasteiger partial charge in [0.15, 0.2) is 0 Å². The van der Waals surface area contributed by atoms with Gasteiger partial charge in [-0.05, 0) is 56.3 Å². The molecule has 0 saturated heterocycles. The Morgan fingerprint density at radius 3 is 2.52 bits per heavy atom. The zero-order valence-corrected chi connectivity index (χ0v) is 13.6. The number of nitrogens with one attached hydrogen (secondary N) is 1.